The highest BCUT2D eigenvalue weighted by molar-refractivity contribution is 7.89. The SMILES string of the molecule is O=S(=O)(NCCOc1cccc2c1CCCC2)c1ccc(F)cc1. The van der Waals surface area contributed by atoms with Crippen LogP contribution in [0.1, 0.15) is 24.0 Å². The number of halogens is 1. The van der Waals surface area contributed by atoms with Crippen molar-refractivity contribution in [2.75, 3.05) is 13.2 Å². The highest BCUT2D eigenvalue weighted by atomic mass is 32.2. The van der Waals surface area contributed by atoms with Crippen molar-refractivity contribution in [2.24, 2.45) is 0 Å². The Bertz CT molecular complexity index is 804. The largest absolute Gasteiger partial charge is 0.492 e. The molecule has 0 aromatic heterocycles. The van der Waals surface area contributed by atoms with E-state index < -0.39 is 15.8 Å². The smallest absolute Gasteiger partial charge is 0.240 e. The molecule has 24 heavy (non-hydrogen) atoms. The summed E-state index contributed by atoms with van der Waals surface area (Å²) < 4.78 is 45.3. The molecule has 1 aliphatic rings. The fourth-order valence-electron chi connectivity index (χ4n) is 2.92. The fourth-order valence-corrected chi connectivity index (χ4v) is 3.93. The summed E-state index contributed by atoms with van der Waals surface area (Å²) >= 11 is 0. The molecular weight excluding hydrogens is 329 g/mol. The number of hydrogen-bond acceptors (Lipinski definition) is 3. The van der Waals surface area contributed by atoms with E-state index in [2.05, 4.69) is 10.8 Å². The predicted molar refractivity (Wildman–Crippen MR) is 90.2 cm³/mol. The van der Waals surface area contributed by atoms with E-state index >= 15 is 0 Å². The van der Waals surface area contributed by atoms with Gasteiger partial charge in [0.15, 0.2) is 0 Å². The first kappa shape index (κ1) is 16.9. The summed E-state index contributed by atoms with van der Waals surface area (Å²) in [5, 5.41) is 0. The van der Waals surface area contributed by atoms with Crippen molar-refractivity contribution in [1.29, 1.82) is 0 Å². The zero-order valence-electron chi connectivity index (χ0n) is 13.3. The standard InChI is InChI=1S/C18H20FNO3S/c19-15-8-10-16(11-9-15)24(21,22)20-12-13-23-18-7-3-5-14-4-1-2-6-17(14)18/h3,5,7-11,20H,1-2,4,6,12-13H2. The van der Waals surface area contributed by atoms with Gasteiger partial charge in [0.2, 0.25) is 10.0 Å². The average molecular weight is 349 g/mol. The van der Waals surface area contributed by atoms with E-state index in [9.17, 15) is 12.8 Å². The lowest BCUT2D eigenvalue weighted by Crippen LogP contribution is -2.28. The summed E-state index contributed by atoms with van der Waals surface area (Å²) in [6, 6.07) is 10.8. The summed E-state index contributed by atoms with van der Waals surface area (Å²) in [5.41, 5.74) is 2.57. The molecule has 3 rings (SSSR count). The highest BCUT2D eigenvalue weighted by Crippen LogP contribution is 2.29. The molecule has 128 valence electrons. The third-order valence-electron chi connectivity index (χ3n) is 4.13. The van der Waals surface area contributed by atoms with Gasteiger partial charge >= 0.3 is 0 Å². The van der Waals surface area contributed by atoms with Gasteiger partial charge in [-0.15, -0.1) is 0 Å². The minimum Gasteiger partial charge on any atom is -0.492 e. The Balaban J connectivity index is 1.57. The van der Waals surface area contributed by atoms with E-state index in [0.29, 0.717) is 0 Å². The first-order chi connectivity index (χ1) is 11.6. The Morgan fingerprint density at radius 3 is 2.58 bits per heavy atom. The van der Waals surface area contributed by atoms with Gasteiger partial charge in [0.1, 0.15) is 18.2 Å². The third kappa shape index (κ3) is 3.94. The lowest BCUT2D eigenvalue weighted by molar-refractivity contribution is 0.318. The molecule has 0 saturated carbocycles. The quantitative estimate of drug-likeness (QED) is 0.816. The molecule has 0 unspecified atom stereocenters. The first-order valence-electron chi connectivity index (χ1n) is 8.05. The second kappa shape index (κ2) is 7.32. The van der Waals surface area contributed by atoms with Crippen LogP contribution in [0.25, 0.3) is 0 Å². The van der Waals surface area contributed by atoms with Gasteiger partial charge in [-0.3, -0.25) is 0 Å². The van der Waals surface area contributed by atoms with Crippen LogP contribution in [0, 0.1) is 5.82 Å². The van der Waals surface area contributed by atoms with Crippen LogP contribution in [0.5, 0.6) is 5.75 Å². The Kier molecular flexibility index (Phi) is 5.16. The third-order valence-corrected chi connectivity index (χ3v) is 5.61. The maximum atomic E-state index is 12.9. The van der Waals surface area contributed by atoms with E-state index in [-0.39, 0.29) is 18.0 Å². The monoisotopic (exact) mass is 349 g/mol. The molecule has 6 heteroatoms. The van der Waals surface area contributed by atoms with Crippen molar-refractivity contribution >= 4 is 10.0 Å². The van der Waals surface area contributed by atoms with Gasteiger partial charge in [-0.1, -0.05) is 12.1 Å². The van der Waals surface area contributed by atoms with E-state index in [1.807, 2.05) is 12.1 Å². The summed E-state index contributed by atoms with van der Waals surface area (Å²) in [4.78, 5) is 0.0426. The number of fused-ring (bicyclic) bond motifs is 1. The summed E-state index contributed by atoms with van der Waals surface area (Å²) in [6.07, 6.45) is 4.44. The second-order valence-electron chi connectivity index (χ2n) is 5.80. The average Bonchev–Trinajstić information content (AvgIpc) is 2.59. The summed E-state index contributed by atoms with van der Waals surface area (Å²) in [7, 11) is -3.65. The predicted octanol–water partition coefficient (Wildman–Crippen LogP) is 3.06. The van der Waals surface area contributed by atoms with Crippen LogP contribution < -0.4 is 9.46 Å². The highest BCUT2D eigenvalue weighted by Gasteiger charge is 2.15. The second-order valence-corrected chi connectivity index (χ2v) is 7.57. The molecule has 0 radical (unpaired) electrons. The van der Waals surface area contributed by atoms with E-state index in [1.165, 1.54) is 29.7 Å². The van der Waals surface area contributed by atoms with Crippen LogP contribution in [0.3, 0.4) is 0 Å². The van der Waals surface area contributed by atoms with Gasteiger partial charge in [0.25, 0.3) is 0 Å². The van der Waals surface area contributed by atoms with Crippen LogP contribution in [-0.4, -0.2) is 21.6 Å². The minimum absolute atomic E-state index is 0.0426. The van der Waals surface area contributed by atoms with Crippen molar-refractivity contribution in [1.82, 2.24) is 4.72 Å². The van der Waals surface area contributed by atoms with Gasteiger partial charge < -0.3 is 4.74 Å². The number of aryl methyl sites for hydroxylation is 1. The van der Waals surface area contributed by atoms with E-state index in [4.69, 9.17) is 4.74 Å². The molecule has 0 bridgehead atoms. The fraction of sp³-hybridized carbons (Fsp3) is 0.333. The van der Waals surface area contributed by atoms with Gasteiger partial charge in [-0.2, -0.15) is 0 Å². The minimum atomic E-state index is -3.65. The molecule has 2 aromatic rings. The molecule has 1 N–H and O–H groups in total. The number of rotatable bonds is 6. The Labute approximate surface area is 141 Å². The van der Waals surface area contributed by atoms with Crippen LogP contribution in [0.2, 0.25) is 0 Å². The lowest BCUT2D eigenvalue weighted by atomic mass is 9.91. The Morgan fingerprint density at radius 2 is 1.79 bits per heavy atom. The molecule has 1 aliphatic carbocycles. The summed E-state index contributed by atoms with van der Waals surface area (Å²) in [5.74, 6) is 0.374. The number of sulfonamides is 1. The van der Waals surface area contributed by atoms with E-state index in [0.717, 1.165) is 37.1 Å². The van der Waals surface area contributed by atoms with Crippen molar-refractivity contribution in [3.63, 3.8) is 0 Å². The normalized spacial score (nSPS) is 14.2. The Morgan fingerprint density at radius 1 is 1.04 bits per heavy atom. The number of ether oxygens (including phenoxy) is 1. The zero-order chi connectivity index (χ0) is 17.0. The number of benzene rings is 2. The van der Waals surface area contributed by atoms with Crippen LogP contribution in [-0.2, 0) is 22.9 Å². The molecule has 0 spiro atoms. The van der Waals surface area contributed by atoms with Gasteiger partial charge in [-0.05, 0) is 67.1 Å². The molecule has 4 nitrogen and oxygen atoms in total. The molecule has 2 aromatic carbocycles. The Hall–Kier alpha value is -1.92. The van der Waals surface area contributed by atoms with Gasteiger partial charge in [0, 0.05) is 6.54 Å². The number of hydrogen-bond donors (Lipinski definition) is 1. The topological polar surface area (TPSA) is 55.4 Å². The van der Waals surface area contributed by atoms with Crippen molar-refractivity contribution in [3.8, 4) is 5.75 Å². The van der Waals surface area contributed by atoms with Crippen molar-refractivity contribution < 1.29 is 17.5 Å². The lowest BCUT2D eigenvalue weighted by Gasteiger charge is -2.19. The molecule has 0 atom stereocenters. The van der Waals surface area contributed by atoms with Crippen LogP contribution in [0.15, 0.2) is 47.4 Å². The molecular formula is C18H20FNO3S. The van der Waals surface area contributed by atoms with E-state index in [1.54, 1.807) is 0 Å². The molecule has 0 amide bonds. The van der Waals surface area contributed by atoms with Crippen LogP contribution in [0.4, 0.5) is 4.39 Å². The van der Waals surface area contributed by atoms with Crippen LogP contribution >= 0.6 is 0 Å². The van der Waals surface area contributed by atoms with Gasteiger partial charge in [0.05, 0.1) is 4.90 Å². The summed E-state index contributed by atoms with van der Waals surface area (Å²) in [6.45, 7) is 0.403. The first-order valence-corrected chi connectivity index (χ1v) is 9.53. The van der Waals surface area contributed by atoms with Crippen molar-refractivity contribution in [3.05, 3.63) is 59.4 Å². The molecule has 0 heterocycles. The molecule has 0 aliphatic heterocycles. The van der Waals surface area contributed by atoms with Gasteiger partial charge in [-0.25, -0.2) is 17.5 Å². The zero-order valence-corrected chi connectivity index (χ0v) is 14.1. The maximum absolute atomic E-state index is 12.9. The number of nitrogens with one attached hydrogen (secondary N) is 1. The molecule has 0 saturated heterocycles. The van der Waals surface area contributed by atoms with Crippen molar-refractivity contribution in [2.45, 2.75) is 30.6 Å². The molecule has 0 fully saturated rings. The maximum Gasteiger partial charge on any atom is 0.240 e.